The number of hydrogen-bond acceptors (Lipinski definition) is 43. The largest absolute Gasteiger partial charge is 1.00 e. The standard InChI is InChI=1S/C21H32O17.2C16H36N.C14H22O13.C10H14N2O5.C7H6N4O.C7H12O5.2Na/c1-31-6-7-34-8(22)4-5-9(23)35-14-12(26)20(33-3)37-17(19(29)30)15(14)36-21-11(25)10(24)13(32-2)16(38-21)18(27)28;2*1-5-9-13-17(14-10-6-2,15-11-7-3)16-12-8-4;1-23-7-3(15)6(18)14(27-9(7)11(19)20)25-8-4(16)5(17)13(24-2)26-10(8)12(21)22;1-15-6-7-16-9(13)2-3-10(14)17-12-5-4-11-8-12;12-7(10-3-1-8-5-10)11-4-2-9-6-11;1-11-4-5-12-7(10)3-2-6(8)9;;/h10-17,20-21,24-26H,4-7H2,1-3H3,(H,27,28)(H,29,30);2*5-16H2,1-4H3;3-10,13-18H,1-2H3,(H,19,20)(H,21,22);4-5,8H,2-3,6-7H2,1H3;1-6H;2-5H2,1H3,(H,8,9);;/q;2*+1;;;;;2*+1/p-4/t10-,11?,12?,13+,14-,15+,16?,17?,20-,21-;;;3-,4-,5?,6?,7+,8+,9?,10?,13-,14-;;;;;/m1..1...../s1. The molecule has 7 rings (SSSR count). The predicted octanol–water partition coefficient (Wildman–Crippen LogP) is -8.17. The molecule has 3 aromatic heterocycles. The molecule has 4 fully saturated rings. The number of aliphatic carboxylic acids is 5. The Kier molecular flexibility index (Phi) is 76.6. The van der Waals surface area contributed by atoms with Crippen LogP contribution in [0.2, 0.25) is 0 Å². The second kappa shape index (κ2) is 79.3. The zero-order valence-electron chi connectivity index (χ0n) is 85.3. The number of carboxylic acids is 5. The van der Waals surface area contributed by atoms with E-state index in [4.69, 9.17) is 81.0 Å². The molecule has 142 heavy (non-hydrogen) atoms. The molecule has 20 atom stereocenters. The molecule has 4 aliphatic heterocycles. The molecule has 3 aromatic rings. The van der Waals surface area contributed by atoms with Gasteiger partial charge in [0.15, 0.2) is 31.3 Å². The summed E-state index contributed by atoms with van der Waals surface area (Å²) in [4.78, 5) is 140. The zero-order chi connectivity index (χ0) is 105. The Bertz CT molecular complexity index is 3710. The van der Waals surface area contributed by atoms with Crippen LogP contribution in [0.4, 0.5) is 4.79 Å². The maximum absolute atomic E-state index is 12.5. The van der Waals surface area contributed by atoms with Crippen LogP contribution >= 0.6 is 0 Å². The molecule has 4 aliphatic rings. The van der Waals surface area contributed by atoms with Gasteiger partial charge in [-0.1, -0.05) is 107 Å². The molecule has 0 bridgehead atoms. The van der Waals surface area contributed by atoms with Gasteiger partial charge in [0.25, 0.3) is 0 Å². The van der Waals surface area contributed by atoms with Crippen LogP contribution in [0.25, 0.3) is 0 Å². The molecule has 8 unspecified atom stereocenters. The summed E-state index contributed by atoms with van der Waals surface area (Å²) in [5, 5.41) is 125. The minimum atomic E-state index is -2.12. The zero-order valence-corrected chi connectivity index (χ0v) is 89.3. The van der Waals surface area contributed by atoms with Crippen molar-refractivity contribution in [1.29, 1.82) is 0 Å². The van der Waals surface area contributed by atoms with Gasteiger partial charge < -0.3 is 175 Å². The van der Waals surface area contributed by atoms with Crippen molar-refractivity contribution in [2.24, 2.45) is 0 Å². The van der Waals surface area contributed by atoms with E-state index < -0.39 is 195 Å². The first kappa shape index (κ1) is 137. The maximum Gasteiger partial charge on any atom is 1.00 e. The number of methoxy groups -OCH3 is 7. The number of ether oxygens (including phenoxy) is 17. The van der Waals surface area contributed by atoms with Crippen molar-refractivity contribution in [3.05, 3.63) is 56.2 Å². The van der Waals surface area contributed by atoms with Crippen LogP contribution in [0, 0.1) is 0 Å². The second-order valence-corrected chi connectivity index (χ2v) is 32.9. The van der Waals surface area contributed by atoms with Crippen LogP contribution in [0.5, 0.6) is 0 Å². The Morgan fingerprint density at radius 3 is 0.908 bits per heavy atom. The molecule has 806 valence electrons. The molecule has 0 aliphatic carbocycles. The van der Waals surface area contributed by atoms with Crippen molar-refractivity contribution in [2.45, 2.75) is 319 Å². The molecule has 7 heterocycles. The van der Waals surface area contributed by atoms with Gasteiger partial charge in [0.2, 0.25) is 0 Å². The number of aromatic nitrogens is 6. The third-order valence-electron chi connectivity index (χ3n) is 22.2. The van der Waals surface area contributed by atoms with Gasteiger partial charge in [-0.15, -0.1) is 0 Å². The SMILES string of the molecule is CCCC[N+](CCCC)(CCCC)CCCC.CCCC[N+](CCCC)(CCCC)CCCC.COCCOC(=O)CCC(=O)O.COCCOC(=O)CCC(=O)O[C@@H]1C(O)[C@H](OC)OC(C(=O)[O-])[C@H]1O[C@@H]1OC(C(=O)[O-])[C@@H](OC)[C@H](O)C1O.COCCOC(=O)CCC(=O)On1ccnc1.CO[C@@H]1OC(C(=O)[O-])[C@@H](O[C@@H]2OC(C(=O)[O-])[C@@H](OC)[C@H](O)C2O)[C@H](O)C1O.O=C(n1ccnc1)n1ccnc1.[Na+].[Na+]. The van der Waals surface area contributed by atoms with E-state index in [0.29, 0.717) is 13.2 Å². The second-order valence-electron chi connectivity index (χ2n) is 32.9. The molecular weight excluding hydrogens is 1910 g/mol. The topological polar surface area (TPSA) is 661 Å². The van der Waals surface area contributed by atoms with Crippen LogP contribution in [-0.2, 0) is 128 Å². The third-order valence-corrected chi connectivity index (χ3v) is 22.2. The molecule has 4 saturated heterocycles. The summed E-state index contributed by atoms with van der Waals surface area (Å²) >= 11 is 0. The smallest absolute Gasteiger partial charge is 0.547 e. The minimum Gasteiger partial charge on any atom is -0.547 e. The van der Waals surface area contributed by atoms with Gasteiger partial charge in [-0.3, -0.25) is 33.1 Å². The third kappa shape index (κ3) is 51.6. The average molecular weight is 2060 g/mol. The molecule has 0 aromatic carbocycles. The summed E-state index contributed by atoms with van der Waals surface area (Å²) in [7, 11) is 8.63. The summed E-state index contributed by atoms with van der Waals surface area (Å²) in [6.07, 6.45) is -2.80. The van der Waals surface area contributed by atoms with E-state index in [2.05, 4.69) is 79.8 Å². The van der Waals surface area contributed by atoms with E-state index in [1.165, 1.54) is 231 Å². The van der Waals surface area contributed by atoms with E-state index in [1.807, 2.05) is 0 Å². The summed E-state index contributed by atoms with van der Waals surface area (Å²) < 4.78 is 90.1. The fourth-order valence-electron chi connectivity index (χ4n) is 14.4. The Morgan fingerprint density at radius 1 is 0.331 bits per heavy atom. The number of unbranched alkanes of at least 4 members (excludes halogenated alkanes) is 8. The number of imidazole rings is 3. The van der Waals surface area contributed by atoms with E-state index in [9.17, 15) is 109 Å². The van der Waals surface area contributed by atoms with Crippen molar-refractivity contribution in [3.63, 3.8) is 0 Å². The summed E-state index contributed by atoms with van der Waals surface area (Å²) in [5.41, 5.74) is 0. The number of carbonyl (C=O) groups excluding carboxylic acids is 10. The van der Waals surface area contributed by atoms with Crippen molar-refractivity contribution < 1.29 is 267 Å². The van der Waals surface area contributed by atoms with Crippen molar-refractivity contribution in [2.75, 3.05) is 142 Å². The number of nitrogens with zero attached hydrogens (tertiary/aromatic N) is 8. The fourth-order valence-corrected chi connectivity index (χ4v) is 14.4. The Hall–Kier alpha value is -6.88. The molecule has 0 amide bonds. The fraction of sp³-hybridized carbons (Fsp3) is 0.780. The van der Waals surface area contributed by atoms with Crippen molar-refractivity contribution >= 4 is 65.7 Å². The number of aliphatic hydroxyl groups is 7. The van der Waals surface area contributed by atoms with Crippen LogP contribution in [0.1, 0.15) is 197 Å². The van der Waals surface area contributed by atoms with E-state index in [-0.39, 0.29) is 117 Å². The number of carboxylic acid groups (broad SMARTS) is 5. The Balaban J connectivity index is 0. The Labute approximate surface area is 873 Å². The van der Waals surface area contributed by atoms with Gasteiger partial charge in [-0.2, -0.15) is 4.73 Å². The summed E-state index contributed by atoms with van der Waals surface area (Å²) in [5.74, 6) is -11.8. The van der Waals surface area contributed by atoms with Crippen LogP contribution in [-0.4, -0.2) is 409 Å². The van der Waals surface area contributed by atoms with Gasteiger partial charge in [0.1, 0.15) is 130 Å². The molecule has 0 spiro atoms. The minimum absolute atomic E-state index is 0. The van der Waals surface area contributed by atoms with Crippen LogP contribution in [0.15, 0.2) is 56.2 Å². The summed E-state index contributed by atoms with van der Waals surface area (Å²) in [6.45, 7) is 31.1. The molecule has 51 heteroatoms. The number of quaternary nitrogens is 2. The number of esters is 4. The summed E-state index contributed by atoms with van der Waals surface area (Å²) in [6, 6.07) is -0.190. The van der Waals surface area contributed by atoms with Crippen molar-refractivity contribution in [1.82, 2.24) is 28.8 Å². The van der Waals surface area contributed by atoms with E-state index in [1.54, 1.807) is 24.8 Å². The first-order valence-electron chi connectivity index (χ1n) is 47.2. The number of hydrogen-bond donors (Lipinski definition) is 8. The number of carbonyl (C=O) groups is 11. The first-order valence-corrected chi connectivity index (χ1v) is 47.2. The molecular formula is C91H154N8Na2O41. The first-order chi connectivity index (χ1) is 66.8. The Morgan fingerprint density at radius 2 is 0.613 bits per heavy atom. The average Bonchev–Trinajstić information content (AvgIpc) is 0.919. The number of aliphatic hydroxyl groups excluding tert-OH is 7. The van der Waals surface area contributed by atoms with E-state index in [0.717, 1.165) is 28.4 Å². The van der Waals surface area contributed by atoms with Crippen LogP contribution < -0.4 is 84.4 Å². The van der Waals surface area contributed by atoms with Crippen molar-refractivity contribution in [3.8, 4) is 0 Å². The maximum atomic E-state index is 12.5. The van der Waals surface area contributed by atoms with E-state index >= 15 is 0 Å². The molecule has 49 nitrogen and oxygen atoms in total. The predicted molar refractivity (Wildman–Crippen MR) is 479 cm³/mol. The quantitative estimate of drug-likeness (QED) is 0.00855. The van der Waals surface area contributed by atoms with Crippen LogP contribution in [0.3, 0.4) is 0 Å². The van der Waals surface area contributed by atoms with Gasteiger partial charge in [0.05, 0.1) is 141 Å². The van der Waals surface area contributed by atoms with Gasteiger partial charge in [-0.25, -0.2) is 24.5 Å². The normalized spacial score (nSPS) is 23.8. The number of rotatable bonds is 56. The van der Waals surface area contributed by atoms with Gasteiger partial charge in [0, 0.05) is 80.8 Å². The molecule has 8 N–H and O–H groups in total. The monoisotopic (exact) mass is 2060 g/mol. The van der Waals surface area contributed by atoms with Gasteiger partial charge >= 0.3 is 101 Å². The molecule has 0 radical (unpaired) electrons. The molecule has 0 saturated carbocycles. The van der Waals surface area contributed by atoms with Gasteiger partial charge in [-0.05, 0) is 51.4 Å².